The van der Waals surface area contributed by atoms with Gasteiger partial charge in [-0.25, -0.2) is 0 Å². The molecular weight excluding hydrogens is 296 g/mol. The largest absolute Gasteiger partial charge is 0.484 e. The van der Waals surface area contributed by atoms with Crippen molar-refractivity contribution in [2.45, 2.75) is 57.8 Å². The molecule has 126 valence electrons. The van der Waals surface area contributed by atoms with Crippen LogP contribution in [0.25, 0.3) is 0 Å². The minimum Gasteiger partial charge on any atom is -0.484 e. The molecule has 0 radical (unpaired) electrons. The first-order valence-electron chi connectivity index (χ1n) is 8.22. The first-order valence-corrected chi connectivity index (χ1v) is 8.22. The smallest absolute Gasteiger partial charge is 0.276 e. The van der Waals surface area contributed by atoms with E-state index in [-0.39, 0.29) is 16.7 Å². The highest BCUT2D eigenvalue weighted by atomic mass is 16.6. The van der Waals surface area contributed by atoms with E-state index in [1.54, 1.807) is 13.0 Å². The second kappa shape index (κ2) is 5.76. The average molecular weight is 320 g/mol. The number of piperidine rings is 1. The molecule has 1 saturated heterocycles. The van der Waals surface area contributed by atoms with Crippen molar-refractivity contribution in [2.75, 3.05) is 13.1 Å². The molecule has 0 bridgehead atoms. The first-order chi connectivity index (χ1) is 10.8. The van der Waals surface area contributed by atoms with Gasteiger partial charge in [-0.15, -0.1) is 0 Å². The predicted molar refractivity (Wildman–Crippen MR) is 86.7 cm³/mol. The Kier molecular flexibility index (Phi) is 4.06. The Labute approximate surface area is 136 Å². The number of fused-ring (bicyclic) bond motifs is 1. The van der Waals surface area contributed by atoms with Crippen molar-refractivity contribution >= 4 is 5.69 Å². The first kappa shape index (κ1) is 16.2. The minimum atomic E-state index is -0.783. The molecule has 23 heavy (non-hydrogen) atoms. The van der Waals surface area contributed by atoms with Gasteiger partial charge in [-0.05, 0) is 52.8 Å². The monoisotopic (exact) mass is 320 g/mol. The van der Waals surface area contributed by atoms with Gasteiger partial charge in [-0.1, -0.05) is 6.42 Å². The van der Waals surface area contributed by atoms with Crippen LogP contribution in [0.5, 0.6) is 5.75 Å². The maximum Gasteiger partial charge on any atom is 0.276 e. The number of benzene rings is 1. The summed E-state index contributed by atoms with van der Waals surface area (Å²) in [6, 6.07) is 3.10. The van der Waals surface area contributed by atoms with Crippen molar-refractivity contribution in [3.63, 3.8) is 0 Å². The van der Waals surface area contributed by atoms with Gasteiger partial charge in [-0.2, -0.15) is 0 Å². The molecule has 0 saturated carbocycles. The molecule has 6 heteroatoms. The van der Waals surface area contributed by atoms with Gasteiger partial charge in [0.25, 0.3) is 5.69 Å². The van der Waals surface area contributed by atoms with Crippen LogP contribution in [0.1, 0.15) is 50.3 Å². The second-order valence-corrected chi connectivity index (χ2v) is 7.08. The Morgan fingerprint density at radius 1 is 1.30 bits per heavy atom. The topological polar surface area (TPSA) is 75.8 Å². The maximum atomic E-state index is 11.2. The van der Waals surface area contributed by atoms with Crippen LogP contribution in [0.4, 0.5) is 5.69 Å². The quantitative estimate of drug-likeness (QED) is 0.670. The van der Waals surface area contributed by atoms with Crippen LogP contribution >= 0.6 is 0 Å². The molecule has 2 atom stereocenters. The summed E-state index contributed by atoms with van der Waals surface area (Å²) >= 11 is 0. The lowest BCUT2D eigenvalue weighted by Crippen LogP contribution is -2.54. The summed E-state index contributed by atoms with van der Waals surface area (Å²) in [6.07, 6.45) is 2.78. The molecule has 6 nitrogen and oxygen atoms in total. The van der Waals surface area contributed by atoms with E-state index in [4.69, 9.17) is 4.74 Å². The molecular formula is C17H24N2O4. The van der Waals surface area contributed by atoms with E-state index in [2.05, 4.69) is 4.90 Å². The molecule has 1 aromatic carbocycles. The van der Waals surface area contributed by atoms with E-state index in [1.165, 1.54) is 12.5 Å². The van der Waals surface area contributed by atoms with Gasteiger partial charge in [0.15, 0.2) is 0 Å². The Morgan fingerprint density at radius 2 is 1.96 bits per heavy atom. The number of nitrogens with zero attached hydrogens (tertiary/aromatic N) is 2. The summed E-state index contributed by atoms with van der Waals surface area (Å²) in [4.78, 5) is 13.1. The van der Waals surface area contributed by atoms with Crippen LogP contribution in [0.3, 0.4) is 0 Å². The van der Waals surface area contributed by atoms with Crippen molar-refractivity contribution in [1.29, 1.82) is 0 Å². The van der Waals surface area contributed by atoms with Crippen LogP contribution in [0.15, 0.2) is 12.1 Å². The Bertz CT molecular complexity index is 623. The molecule has 0 spiro atoms. The highest BCUT2D eigenvalue weighted by molar-refractivity contribution is 5.55. The summed E-state index contributed by atoms with van der Waals surface area (Å²) in [5.74, 6) is 0.560. The fraction of sp³-hybridized carbons (Fsp3) is 0.647. The lowest BCUT2D eigenvalue weighted by atomic mass is 9.83. The number of nitro groups is 1. The van der Waals surface area contributed by atoms with E-state index in [1.807, 2.05) is 13.8 Å². The number of aliphatic hydroxyl groups is 1. The Morgan fingerprint density at radius 3 is 2.57 bits per heavy atom. The number of rotatable bonds is 2. The standard InChI is InChI=1S/C17H24N2O4/c1-11-13(19(21)22)8-7-12-14(18-9-5-4-6-10-18)16(20)17(2,3)23-15(11)12/h7-8,14,16,20H,4-6,9-10H2,1-3H3/t14-,16+/m1/s1. The summed E-state index contributed by atoms with van der Waals surface area (Å²) < 4.78 is 5.99. The summed E-state index contributed by atoms with van der Waals surface area (Å²) in [7, 11) is 0. The fourth-order valence-electron chi connectivity index (χ4n) is 3.74. The Hall–Kier alpha value is -1.66. The third-order valence-corrected chi connectivity index (χ3v) is 5.08. The molecule has 2 aliphatic heterocycles. The number of nitro benzene ring substituents is 1. The average Bonchev–Trinajstić information content (AvgIpc) is 2.50. The predicted octanol–water partition coefficient (Wildman–Crippen LogP) is 2.96. The highest BCUT2D eigenvalue weighted by Crippen LogP contribution is 2.46. The molecule has 1 aromatic rings. The normalized spacial score (nSPS) is 27.1. The van der Waals surface area contributed by atoms with Crippen LogP contribution in [-0.2, 0) is 0 Å². The van der Waals surface area contributed by atoms with Crippen molar-refractivity contribution in [3.05, 3.63) is 33.4 Å². The minimum absolute atomic E-state index is 0.0633. The van der Waals surface area contributed by atoms with E-state index in [0.29, 0.717) is 11.3 Å². The van der Waals surface area contributed by atoms with Crippen molar-refractivity contribution < 1.29 is 14.8 Å². The molecule has 0 unspecified atom stereocenters. The number of aliphatic hydroxyl groups excluding tert-OH is 1. The van der Waals surface area contributed by atoms with Crippen molar-refractivity contribution in [3.8, 4) is 5.75 Å². The third kappa shape index (κ3) is 2.70. The lowest BCUT2D eigenvalue weighted by Gasteiger charge is -2.47. The summed E-state index contributed by atoms with van der Waals surface area (Å²) in [5, 5.41) is 22.1. The molecule has 2 aliphatic rings. The van der Waals surface area contributed by atoms with E-state index in [0.717, 1.165) is 31.5 Å². The van der Waals surface area contributed by atoms with E-state index < -0.39 is 11.7 Å². The van der Waals surface area contributed by atoms with E-state index in [9.17, 15) is 15.2 Å². The van der Waals surface area contributed by atoms with Crippen LogP contribution < -0.4 is 4.74 Å². The SMILES string of the molecule is Cc1c([N+](=O)[O-])ccc2c1OC(C)(C)[C@@H](O)[C@@H]2N1CCCCC1. The molecule has 1 N–H and O–H groups in total. The van der Waals surface area contributed by atoms with Crippen LogP contribution in [0.2, 0.25) is 0 Å². The van der Waals surface area contributed by atoms with Crippen molar-refractivity contribution in [1.82, 2.24) is 4.90 Å². The molecule has 0 aromatic heterocycles. The summed E-state index contributed by atoms with van der Waals surface area (Å²) in [6.45, 7) is 7.28. The number of likely N-dealkylation sites (tertiary alicyclic amines) is 1. The van der Waals surface area contributed by atoms with Crippen LogP contribution in [0, 0.1) is 17.0 Å². The van der Waals surface area contributed by atoms with Gasteiger partial charge < -0.3 is 9.84 Å². The van der Waals surface area contributed by atoms with Gasteiger partial charge in [0, 0.05) is 11.6 Å². The van der Waals surface area contributed by atoms with E-state index >= 15 is 0 Å². The molecule has 3 rings (SSSR count). The number of hydrogen-bond acceptors (Lipinski definition) is 5. The van der Waals surface area contributed by atoms with Gasteiger partial charge in [0.1, 0.15) is 17.5 Å². The number of hydrogen-bond donors (Lipinski definition) is 1. The third-order valence-electron chi connectivity index (χ3n) is 5.08. The van der Waals surface area contributed by atoms with Gasteiger partial charge >= 0.3 is 0 Å². The van der Waals surface area contributed by atoms with Gasteiger partial charge in [0.2, 0.25) is 0 Å². The molecule has 2 heterocycles. The highest BCUT2D eigenvalue weighted by Gasteiger charge is 2.46. The molecule has 0 amide bonds. The fourth-order valence-corrected chi connectivity index (χ4v) is 3.74. The van der Waals surface area contributed by atoms with Gasteiger partial charge in [0.05, 0.1) is 16.5 Å². The lowest BCUT2D eigenvalue weighted by molar-refractivity contribution is -0.385. The Balaban J connectivity index is 2.11. The zero-order valence-electron chi connectivity index (χ0n) is 13.9. The zero-order valence-corrected chi connectivity index (χ0v) is 13.9. The second-order valence-electron chi connectivity index (χ2n) is 7.08. The zero-order chi connectivity index (χ0) is 16.8. The summed E-state index contributed by atoms with van der Waals surface area (Å²) in [5.41, 5.74) is 0.680. The molecule has 1 fully saturated rings. The van der Waals surface area contributed by atoms with Gasteiger partial charge in [-0.3, -0.25) is 15.0 Å². The van der Waals surface area contributed by atoms with Crippen LogP contribution in [-0.4, -0.2) is 39.7 Å². The number of ether oxygens (including phenoxy) is 1. The maximum absolute atomic E-state index is 11.2. The van der Waals surface area contributed by atoms with Crippen molar-refractivity contribution in [2.24, 2.45) is 0 Å². The molecule has 0 aliphatic carbocycles.